The van der Waals surface area contributed by atoms with Crippen molar-refractivity contribution in [3.05, 3.63) is 0 Å². The van der Waals surface area contributed by atoms with E-state index in [2.05, 4.69) is 0 Å². The van der Waals surface area contributed by atoms with Gasteiger partial charge in [-0.3, -0.25) is 0 Å². The number of methoxy groups -OCH3 is 1. The summed E-state index contributed by atoms with van der Waals surface area (Å²) < 4.78 is 4.87. The van der Waals surface area contributed by atoms with Gasteiger partial charge in [-0.05, 0) is 13.8 Å². The molecule has 0 heterocycles. The van der Waals surface area contributed by atoms with Crippen LogP contribution in [0.4, 0.5) is 0 Å². The van der Waals surface area contributed by atoms with E-state index in [0.717, 1.165) is 0 Å². The molecule has 3 nitrogen and oxygen atoms in total. The maximum atomic E-state index is 9.44. The number of nitrogens with zero attached hydrogens (tertiary/aromatic N) is 1. The van der Waals surface area contributed by atoms with Gasteiger partial charge in [-0.25, -0.2) is 0 Å². The molecular formula is C7H13NO2. The predicted molar refractivity (Wildman–Crippen MR) is 37.3 cm³/mol. The Kier molecular flexibility index (Phi) is 3.34. The highest BCUT2D eigenvalue weighted by molar-refractivity contribution is 4.89. The van der Waals surface area contributed by atoms with Gasteiger partial charge in [-0.2, -0.15) is 5.26 Å². The normalized spacial score (nSPS) is 19.1. The van der Waals surface area contributed by atoms with Crippen LogP contribution in [0, 0.1) is 11.3 Å². The van der Waals surface area contributed by atoms with Crippen molar-refractivity contribution >= 4 is 0 Å². The third-order valence-electron chi connectivity index (χ3n) is 1.67. The van der Waals surface area contributed by atoms with Crippen molar-refractivity contribution < 1.29 is 9.84 Å². The molecule has 0 aliphatic carbocycles. The molecule has 0 saturated carbocycles. The Morgan fingerprint density at radius 2 is 2.30 bits per heavy atom. The second kappa shape index (κ2) is 3.55. The second-order valence-electron chi connectivity index (χ2n) is 2.57. The maximum absolute atomic E-state index is 9.44. The molecule has 1 N–H and O–H groups in total. The zero-order valence-electron chi connectivity index (χ0n) is 6.59. The monoisotopic (exact) mass is 143 g/mol. The van der Waals surface area contributed by atoms with Gasteiger partial charge in [0.25, 0.3) is 0 Å². The summed E-state index contributed by atoms with van der Waals surface area (Å²) in [5.74, 6) is 0. The fourth-order valence-corrected chi connectivity index (χ4v) is 0.558. The third-order valence-corrected chi connectivity index (χ3v) is 1.67. The van der Waals surface area contributed by atoms with E-state index in [4.69, 9.17) is 10.00 Å². The number of aliphatic hydroxyl groups is 1. The lowest BCUT2D eigenvalue weighted by molar-refractivity contribution is -0.0688. The van der Waals surface area contributed by atoms with Gasteiger partial charge in [0.15, 0.2) is 0 Å². The number of rotatable bonds is 3. The average molecular weight is 143 g/mol. The molecule has 3 heteroatoms. The number of nitriles is 1. The molecular weight excluding hydrogens is 130 g/mol. The summed E-state index contributed by atoms with van der Waals surface area (Å²) >= 11 is 0. The van der Waals surface area contributed by atoms with Crippen LogP contribution in [-0.2, 0) is 4.74 Å². The minimum Gasteiger partial charge on any atom is -0.386 e. The van der Waals surface area contributed by atoms with E-state index in [1.807, 2.05) is 6.07 Å². The minimum absolute atomic E-state index is 0.0992. The first-order valence-electron chi connectivity index (χ1n) is 3.16. The van der Waals surface area contributed by atoms with Crippen molar-refractivity contribution in [2.24, 2.45) is 0 Å². The standard InChI is InChI=1S/C7H13NO2/c1-6(10-3)7(2,9)4-5-8/h6,9H,4H2,1-3H3. The molecule has 0 bridgehead atoms. The van der Waals surface area contributed by atoms with Crippen LogP contribution < -0.4 is 0 Å². The van der Waals surface area contributed by atoms with Crippen LogP contribution >= 0.6 is 0 Å². The Morgan fingerprint density at radius 1 is 1.80 bits per heavy atom. The van der Waals surface area contributed by atoms with Crippen molar-refractivity contribution in [1.29, 1.82) is 5.26 Å². The van der Waals surface area contributed by atoms with Crippen LogP contribution in [0.25, 0.3) is 0 Å². The van der Waals surface area contributed by atoms with Gasteiger partial charge in [0.1, 0.15) is 5.60 Å². The Morgan fingerprint density at radius 3 is 2.60 bits per heavy atom. The van der Waals surface area contributed by atoms with Crippen molar-refractivity contribution in [3.63, 3.8) is 0 Å². The van der Waals surface area contributed by atoms with Gasteiger partial charge in [0.05, 0.1) is 18.6 Å². The molecule has 0 amide bonds. The molecule has 0 saturated heterocycles. The molecule has 58 valence electrons. The van der Waals surface area contributed by atoms with E-state index in [1.54, 1.807) is 13.8 Å². The summed E-state index contributed by atoms with van der Waals surface area (Å²) in [5, 5.41) is 17.7. The number of hydrogen-bond donors (Lipinski definition) is 1. The third kappa shape index (κ3) is 2.34. The van der Waals surface area contributed by atoms with Crippen LogP contribution in [0.5, 0.6) is 0 Å². The van der Waals surface area contributed by atoms with E-state index in [-0.39, 0.29) is 12.5 Å². The quantitative estimate of drug-likeness (QED) is 0.632. The highest BCUT2D eigenvalue weighted by atomic mass is 16.5. The van der Waals surface area contributed by atoms with Gasteiger partial charge in [-0.1, -0.05) is 0 Å². The van der Waals surface area contributed by atoms with Gasteiger partial charge < -0.3 is 9.84 Å². The lowest BCUT2D eigenvalue weighted by Gasteiger charge is -2.26. The predicted octanol–water partition coefficient (Wildman–Crippen LogP) is 0.686. The lowest BCUT2D eigenvalue weighted by atomic mass is 9.97. The van der Waals surface area contributed by atoms with E-state index in [9.17, 15) is 5.11 Å². The van der Waals surface area contributed by atoms with Crippen LogP contribution in [0.15, 0.2) is 0 Å². The molecule has 2 atom stereocenters. The summed E-state index contributed by atoms with van der Waals surface area (Å²) in [6.07, 6.45) is -0.200. The van der Waals surface area contributed by atoms with E-state index in [1.165, 1.54) is 7.11 Å². The Hall–Kier alpha value is -0.590. The summed E-state index contributed by atoms with van der Waals surface area (Å²) in [6.45, 7) is 3.32. The highest BCUT2D eigenvalue weighted by Crippen LogP contribution is 2.15. The Balaban J connectivity index is 3.98. The molecule has 0 spiro atoms. The summed E-state index contributed by atoms with van der Waals surface area (Å²) in [5.41, 5.74) is -1.02. The number of hydrogen-bond acceptors (Lipinski definition) is 3. The van der Waals surface area contributed by atoms with Crippen LogP contribution in [0.3, 0.4) is 0 Å². The first kappa shape index (κ1) is 9.41. The van der Waals surface area contributed by atoms with Crippen LogP contribution in [-0.4, -0.2) is 23.9 Å². The smallest absolute Gasteiger partial charge is 0.101 e. The molecule has 0 fully saturated rings. The van der Waals surface area contributed by atoms with E-state index in [0.29, 0.717) is 0 Å². The first-order chi connectivity index (χ1) is 4.54. The van der Waals surface area contributed by atoms with Gasteiger partial charge in [0, 0.05) is 7.11 Å². The van der Waals surface area contributed by atoms with Gasteiger partial charge in [0.2, 0.25) is 0 Å². The highest BCUT2D eigenvalue weighted by Gasteiger charge is 2.27. The van der Waals surface area contributed by atoms with Crippen LogP contribution in [0.2, 0.25) is 0 Å². The van der Waals surface area contributed by atoms with Crippen molar-refractivity contribution in [2.45, 2.75) is 32.0 Å². The second-order valence-corrected chi connectivity index (χ2v) is 2.57. The summed E-state index contributed by atoms with van der Waals surface area (Å²) in [7, 11) is 1.51. The molecule has 2 unspecified atom stereocenters. The van der Waals surface area contributed by atoms with E-state index >= 15 is 0 Å². The Labute approximate surface area is 61.2 Å². The lowest BCUT2D eigenvalue weighted by Crippen LogP contribution is -2.37. The van der Waals surface area contributed by atoms with E-state index < -0.39 is 5.60 Å². The molecule has 10 heavy (non-hydrogen) atoms. The molecule has 0 radical (unpaired) electrons. The van der Waals surface area contributed by atoms with Gasteiger partial charge >= 0.3 is 0 Å². The van der Waals surface area contributed by atoms with Gasteiger partial charge in [-0.15, -0.1) is 0 Å². The molecule has 0 aromatic heterocycles. The Bertz CT molecular complexity index is 137. The first-order valence-corrected chi connectivity index (χ1v) is 3.16. The van der Waals surface area contributed by atoms with Crippen molar-refractivity contribution in [2.75, 3.05) is 7.11 Å². The molecule has 0 aliphatic rings. The zero-order chi connectivity index (χ0) is 8.20. The fraction of sp³-hybridized carbons (Fsp3) is 0.857. The summed E-state index contributed by atoms with van der Waals surface area (Å²) in [6, 6.07) is 1.89. The summed E-state index contributed by atoms with van der Waals surface area (Å²) in [4.78, 5) is 0. The molecule has 0 aromatic rings. The van der Waals surface area contributed by atoms with Crippen LogP contribution in [0.1, 0.15) is 20.3 Å². The SMILES string of the molecule is COC(C)C(C)(O)CC#N. The largest absolute Gasteiger partial charge is 0.386 e. The minimum atomic E-state index is -1.02. The average Bonchev–Trinajstić information content (AvgIpc) is 1.86. The zero-order valence-corrected chi connectivity index (χ0v) is 6.59. The van der Waals surface area contributed by atoms with Crippen molar-refractivity contribution in [1.82, 2.24) is 0 Å². The molecule has 0 rings (SSSR count). The number of ether oxygens (including phenoxy) is 1. The fourth-order valence-electron chi connectivity index (χ4n) is 0.558. The maximum Gasteiger partial charge on any atom is 0.101 e. The topological polar surface area (TPSA) is 53.2 Å². The molecule has 0 aliphatic heterocycles. The van der Waals surface area contributed by atoms with Crippen molar-refractivity contribution in [3.8, 4) is 6.07 Å². The molecule has 0 aromatic carbocycles.